The summed E-state index contributed by atoms with van der Waals surface area (Å²) in [6, 6.07) is 3.34. The molecule has 0 saturated carbocycles. The third-order valence-corrected chi connectivity index (χ3v) is 8.13. The highest BCUT2D eigenvalue weighted by atomic mass is 16.2. The average molecular weight is 547 g/mol. The van der Waals surface area contributed by atoms with E-state index < -0.39 is 6.04 Å². The van der Waals surface area contributed by atoms with Crippen molar-refractivity contribution in [2.45, 2.75) is 98.7 Å². The van der Waals surface area contributed by atoms with Gasteiger partial charge in [-0.2, -0.15) is 5.10 Å². The summed E-state index contributed by atoms with van der Waals surface area (Å²) in [4.78, 5) is 49.9. The van der Waals surface area contributed by atoms with Gasteiger partial charge in [-0.25, -0.2) is 9.97 Å². The highest BCUT2D eigenvalue weighted by molar-refractivity contribution is 6.07. The lowest BCUT2D eigenvalue weighted by molar-refractivity contribution is -0.140. The monoisotopic (exact) mass is 546 g/mol. The van der Waals surface area contributed by atoms with E-state index >= 15 is 0 Å². The Balaban J connectivity index is 1.58. The van der Waals surface area contributed by atoms with Crippen LogP contribution in [-0.2, 0) is 16.1 Å². The smallest absolute Gasteiger partial charge is 0.245 e. The van der Waals surface area contributed by atoms with Crippen LogP contribution in [0.4, 0.5) is 0 Å². The lowest BCUT2D eigenvalue weighted by atomic mass is 10.0. The van der Waals surface area contributed by atoms with Crippen LogP contribution in [0.2, 0.25) is 0 Å². The Labute approximate surface area is 236 Å². The number of rotatable bonds is 11. The molecular formula is C31H42N6O3. The van der Waals surface area contributed by atoms with E-state index in [-0.39, 0.29) is 36.1 Å². The van der Waals surface area contributed by atoms with Crippen LogP contribution in [0.3, 0.4) is 0 Å². The number of carbonyl (C=O) groups is 3. The number of ketones is 1. The minimum Gasteiger partial charge on any atom is -0.354 e. The molecule has 1 N–H and O–H groups in total. The van der Waals surface area contributed by atoms with Gasteiger partial charge in [-0.3, -0.25) is 19.1 Å². The van der Waals surface area contributed by atoms with Crippen LogP contribution in [0, 0.1) is 19.8 Å². The number of aromatic nitrogens is 4. The van der Waals surface area contributed by atoms with Gasteiger partial charge in [0.05, 0.1) is 5.52 Å². The van der Waals surface area contributed by atoms with Gasteiger partial charge in [0.15, 0.2) is 5.78 Å². The van der Waals surface area contributed by atoms with Gasteiger partial charge in [-0.1, -0.05) is 39.5 Å². The molecule has 0 spiro atoms. The van der Waals surface area contributed by atoms with Crippen LogP contribution in [0.1, 0.15) is 88.1 Å². The summed E-state index contributed by atoms with van der Waals surface area (Å²) in [5.41, 5.74) is 3.67. The molecule has 4 rings (SSSR count). The van der Waals surface area contributed by atoms with Crippen molar-refractivity contribution < 1.29 is 14.4 Å². The number of likely N-dealkylation sites (tertiary alicyclic amines) is 1. The number of unbranched alkanes of at least 4 members (excludes halogenated alkanes) is 4. The molecule has 0 bridgehead atoms. The zero-order chi connectivity index (χ0) is 29.0. The van der Waals surface area contributed by atoms with Crippen molar-refractivity contribution in [1.29, 1.82) is 0 Å². The number of hydrogen-bond acceptors (Lipinski definition) is 6. The number of aryl methyl sites for hydroxylation is 2. The molecule has 40 heavy (non-hydrogen) atoms. The maximum Gasteiger partial charge on any atom is 0.245 e. The number of benzene rings is 1. The van der Waals surface area contributed by atoms with Gasteiger partial charge < -0.3 is 10.2 Å². The third-order valence-electron chi connectivity index (χ3n) is 8.13. The minimum atomic E-state index is -0.503. The van der Waals surface area contributed by atoms with E-state index in [1.54, 1.807) is 22.0 Å². The summed E-state index contributed by atoms with van der Waals surface area (Å²) in [7, 11) is 0. The van der Waals surface area contributed by atoms with Crippen molar-refractivity contribution in [3.63, 3.8) is 0 Å². The summed E-state index contributed by atoms with van der Waals surface area (Å²) >= 11 is 0. The van der Waals surface area contributed by atoms with Crippen LogP contribution in [0.5, 0.6) is 0 Å². The number of Topliss-reactive ketones (excluding diaryl/α,β-unsaturated/α-hetero) is 1. The van der Waals surface area contributed by atoms with Gasteiger partial charge in [0.25, 0.3) is 0 Å². The van der Waals surface area contributed by atoms with E-state index in [0.29, 0.717) is 29.9 Å². The van der Waals surface area contributed by atoms with Crippen LogP contribution in [0.25, 0.3) is 22.0 Å². The van der Waals surface area contributed by atoms with E-state index in [2.05, 4.69) is 34.2 Å². The number of nitrogens with zero attached hydrogens (tertiary/aromatic N) is 5. The normalized spacial score (nSPS) is 18.9. The van der Waals surface area contributed by atoms with Crippen LogP contribution in [-0.4, -0.2) is 60.9 Å². The molecule has 0 aliphatic carbocycles. The molecule has 1 fully saturated rings. The molecule has 1 aromatic carbocycles. The first kappa shape index (κ1) is 29.4. The first-order chi connectivity index (χ1) is 19.1. The summed E-state index contributed by atoms with van der Waals surface area (Å²) in [5.74, 6) is 0.451. The second-order valence-corrected chi connectivity index (χ2v) is 11.2. The molecule has 0 radical (unpaired) electrons. The molecule has 3 aromatic rings. The van der Waals surface area contributed by atoms with Crippen molar-refractivity contribution in [2.75, 3.05) is 6.54 Å². The average Bonchev–Trinajstić information content (AvgIpc) is 3.43. The quantitative estimate of drug-likeness (QED) is 0.267. The maximum absolute atomic E-state index is 13.8. The molecular weight excluding hydrogens is 504 g/mol. The van der Waals surface area contributed by atoms with Crippen LogP contribution < -0.4 is 5.32 Å². The molecule has 214 valence electrons. The summed E-state index contributed by atoms with van der Waals surface area (Å²) in [5, 5.41) is 8.35. The van der Waals surface area contributed by atoms with Gasteiger partial charge in [0.1, 0.15) is 24.1 Å². The molecule has 0 unspecified atom stereocenters. The maximum atomic E-state index is 13.8. The second-order valence-electron chi connectivity index (χ2n) is 11.2. The number of amides is 2. The molecule has 1 aliphatic heterocycles. The zero-order valence-electron chi connectivity index (χ0n) is 24.7. The van der Waals surface area contributed by atoms with Gasteiger partial charge in [-0.05, 0) is 62.8 Å². The van der Waals surface area contributed by atoms with Gasteiger partial charge >= 0.3 is 0 Å². The summed E-state index contributed by atoms with van der Waals surface area (Å²) in [6.07, 6.45) is 9.76. The molecule has 2 amide bonds. The largest absolute Gasteiger partial charge is 0.354 e. The fourth-order valence-corrected chi connectivity index (χ4v) is 5.73. The van der Waals surface area contributed by atoms with E-state index in [9.17, 15) is 14.4 Å². The summed E-state index contributed by atoms with van der Waals surface area (Å²) in [6.45, 7) is 12.1. The first-order valence-electron chi connectivity index (χ1n) is 14.5. The minimum absolute atomic E-state index is 0.0462. The predicted octanol–water partition coefficient (Wildman–Crippen LogP) is 5.02. The molecule has 1 saturated heterocycles. The molecule has 3 atom stereocenters. The Hall–Kier alpha value is -3.62. The molecule has 9 heteroatoms. The Morgan fingerprint density at radius 2 is 1.70 bits per heavy atom. The lowest BCUT2D eigenvalue weighted by Crippen LogP contribution is -2.49. The Kier molecular flexibility index (Phi) is 9.32. The van der Waals surface area contributed by atoms with Crippen LogP contribution >= 0.6 is 0 Å². The fourth-order valence-electron chi connectivity index (χ4n) is 5.73. The van der Waals surface area contributed by atoms with Crippen LogP contribution in [0.15, 0.2) is 24.5 Å². The molecule has 3 heterocycles. The van der Waals surface area contributed by atoms with Crippen molar-refractivity contribution in [1.82, 2.24) is 30.0 Å². The van der Waals surface area contributed by atoms with Gasteiger partial charge in [-0.15, -0.1) is 0 Å². The van der Waals surface area contributed by atoms with E-state index in [4.69, 9.17) is 0 Å². The fraction of sp³-hybridized carbons (Fsp3) is 0.548. The SMILES string of the molecule is CCCCCCCNC(=O)[C@@H]1C[C@H](C)[C@@H](C)N1C(=O)Cn1nc(C(C)=O)c2cc(-c3cnc(C)nc3)cc(C)c21. The Morgan fingerprint density at radius 3 is 2.38 bits per heavy atom. The van der Waals surface area contributed by atoms with E-state index in [1.807, 2.05) is 32.9 Å². The van der Waals surface area contributed by atoms with E-state index in [0.717, 1.165) is 35.0 Å². The number of fused-ring (bicyclic) bond motifs is 1. The van der Waals surface area contributed by atoms with Crippen molar-refractivity contribution >= 4 is 28.5 Å². The Bertz CT molecular complexity index is 1380. The predicted molar refractivity (Wildman–Crippen MR) is 156 cm³/mol. The van der Waals surface area contributed by atoms with Gasteiger partial charge in [0, 0.05) is 42.9 Å². The molecule has 1 aliphatic rings. The standard InChI is InChI=1S/C31H42N6O3/c1-7-8-9-10-11-12-32-31(40)27-14-19(2)21(4)37(27)28(39)18-36-30-20(3)13-24(25-16-33-23(6)34-17-25)15-26(30)29(35-36)22(5)38/h13,15-17,19,21,27H,7-12,14,18H2,1-6H3,(H,32,40)/t19-,21+,27-/m0/s1. The summed E-state index contributed by atoms with van der Waals surface area (Å²) < 4.78 is 1.62. The van der Waals surface area contributed by atoms with E-state index in [1.165, 1.54) is 26.2 Å². The number of carbonyl (C=O) groups excluding carboxylic acids is 3. The van der Waals surface area contributed by atoms with Crippen molar-refractivity contribution in [3.8, 4) is 11.1 Å². The molecule has 2 aromatic heterocycles. The molecule has 9 nitrogen and oxygen atoms in total. The first-order valence-corrected chi connectivity index (χ1v) is 14.5. The number of hydrogen-bond donors (Lipinski definition) is 1. The van der Waals surface area contributed by atoms with Gasteiger partial charge in [0.2, 0.25) is 11.8 Å². The van der Waals surface area contributed by atoms with Crippen molar-refractivity contribution in [2.24, 2.45) is 5.92 Å². The second kappa shape index (κ2) is 12.7. The van der Waals surface area contributed by atoms with Crippen molar-refractivity contribution in [3.05, 3.63) is 41.6 Å². The topological polar surface area (TPSA) is 110 Å². The Morgan fingerprint density at radius 1 is 1.00 bits per heavy atom. The highest BCUT2D eigenvalue weighted by Crippen LogP contribution is 2.32. The highest BCUT2D eigenvalue weighted by Gasteiger charge is 2.43. The third kappa shape index (κ3) is 6.24. The lowest BCUT2D eigenvalue weighted by Gasteiger charge is -2.28. The number of nitrogens with one attached hydrogen (secondary N) is 1. The zero-order valence-corrected chi connectivity index (χ0v) is 24.7.